The zero-order valence-electron chi connectivity index (χ0n) is 15.9. The molecule has 1 aliphatic rings. The molecular weight excluding hydrogens is 426 g/mol. The van der Waals surface area contributed by atoms with Gasteiger partial charge in [-0.15, -0.1) is 6.58 Å². The monoisotopic (exact) mass is 445 g/mol. The Kier molecular flexibility index (Phi) is 7.36. The summed E-state index contributed by atoms with van der Waals surface area (Å²) in [6.45, 7) is 6.78. The molecule has 1 saturated heterocycles. The zero-order chi connectivity index (χ0) is 20.8. The van der Waals surface area contributed by atoms with E-state index >= 15 is 0 Å². The van der Waals surface area contributed by atoms with Crippen LogP contribution in [0.4, 0.5) is 0 Å². The number of amides is 1. The van der Waals surface area contributed by atoms with Gasteiger partial charge >= 0.3 is 0 Å². The fourth-order valence-corrected chi connectivity index (χ4v) is 4.29. The van der Waals surface area contributed by atoms with Gasteiger partial charge in [0.2, 0.25) is 0 Å². The summed E-state index contributed by atoms with van der Waals surface area (Å²) in [5.74, 6) is 0.871. The Bertz CT molecular complexity index is 960. The molecule has 1 aliphatic heterocycles. The third-order valence-electron chi connectivity index (χ3n) is 4.04. The highest BCUT2D eigenvalue weighted by molar-refractivity contribution is 8.26. The van der Waals surface area contributed by atoms with Gasteiger partial charge in [-0.1, -0.05) is 72.0 Å². The minimum atomic E-state index is -0.140. The Morgan fingerprint density at radius 3 is 2.69 bits per heavy atom. The fraction of sp³-hybridized carbons (Fsp3) is 0.182. The first-order valence-electron chi connectivity index (χ1n) is 9.02. The van der Waals surface area contributed by atoms with Crippen molar-refractivity contribution < 1.29 is 14.3 Å². The lowest BCUT2D eigenvalue weighted by molar-refractivity contribution is -0.121. The first kappa shape index (κ1) is 21.4. The van der Waals surface area contributed by atoms with Gasteiger partial charge in [-0.25, -0.2) is 0 Å². The van der Waals surface area contributed by atoms with Crippen molar-refractivity contribution in [3.8, 4) is 11.5 Å². The number of nitrogens with zero attached hydrogens (tertiary/aromatic N) is 1. The summed E-state index contributed by atoms with van der Waals surface area (Å²) < 4.78 is 12.2. The minimum absolute atomic E-state index is 0.140. The van der Waals surface area contributed by atoms with Gasteiger partial charge in [0.25, 0.3) is 5.91 Å². The predicted octanol–water partition coefficient (Wildman–Crippen LogP) is 5.70. The van der Waals surface area contributed by atoms with E-state index in [-0.39, 0.29) is 5.91 Å². The molecule has 3 rings (SSSR count). The molecular formula is C22H20ClNO3S2. The van der Waals surface area contributed by atoms with Crippen molar-refractivity contribution in [2.24, 2.45) is 0 Å². The summed E-state index contributed by atoms with van der Waals surface area (Å²) >= 11 is 13.0. The van der Waals surface area contributed by atoms with Gasteiger partial charge in [-0.3, -0.25) is 9.69 Å². The molecule has 0 radical (unpaired) electrons. The number of rotatable bonds is 8. The zero-order valence-corrected chi connectivity index (χ0v) is 18.3. The van der Waals surface area contributed by atoms with Crippen molar-refractivity contribution in [3.63, 3.8) is 0 Å². The first-order valence-corrected chi connectivity index (χ1v) is 10.6. The average Bonchev–Trinajstić information content (AvgIpc) is 2.96. The van der Waals surface area contributed by atoms with E-state index in [1.165, 1.54) is 16.7 Å². The summed E-state index contributed by atoms with van der Waals surface area (Å²) in [6.07, 6.45) is 3.41. The van der Waals surface area contributed by atoms with E-state index in [1.54, 1.807) is 18.2 Å². The van der Waals surface area contributed by atoms with E-state index in [1.807, 2.05) is 43.3 Å². The lowest BCUT2D eigenvalue weighted by Gasteiger charge is -2.15. The van der Waals surface area contributed by atoms with Gasteiger partial charge in [-0.05, 0) is 36.3 Å². The predicted molar refractivity (Wildman–Crippen MR) is 123 cm³/mol. The van der Waals surface area contributed by atoms with Crippen LogP contribution in [0.15, 0.2) is 60.0 Å². The van der Waals surface area contributed by atoms with Crippen molar-refractivity contribution in [2.45, 2.75) is 13.5 Å². The molecule has 0 atom stereocenters. The standard InChI is InChI=1S/C22H20ClNO3S2/c1-3-10-24-21(25)19(29-22(24)28)13-16-11-17(23)20(18(12-16)26-4-2)27-14-15-8-6-5-7-9-15/h3,5-9,11-13H,1,4,10,14H2,2H3. The van der Waals surface area contributed by atoms with Gasteiger partial charge in [0.05, 0.1) is 16.5 Å². The molecule has 0 N–H and O–H groups in total. The molecule has 0 bridgehead atoms. The highest BCUT2D eigenvalue weighted by atomic mass is 35.5. The molecule has 1 fully saturated rings. The molecule has 0 aliphatic carbocycles. The molecule has 2 aromatic rings. The Morgan fingerprint density at radius 2 is 2.00 bits per heavy atom. The van der Waals surface area contributed by atoms with Gasteiger partial charge < -0.3 is 9.47 Å². The van der Waals surface area contributed by atoms with Gasteiger partial charge in [0.15, 0.2) is 11.5 Å². The van der Waals surface area contributed by atoms with E-state index in [0.717, 1.165) is 11.1 Å². The number of hydrogen-bond acceptors (Lipinski definition) is 5. The van der Waals surface area contributed by atoms with Crippen LogP contribution in [-0.2, 0) is 11.4 Å². The Labute approximate surface area is 185 Å². The minimum Gasteiger partial charge on any atom is -0.490 e. The first-order chi connectivity index (χ1) is 14.0. The largest absolute Gasteiger partial charge is 0.490 e. The number of carbonyl (C=O) groups is 1. The van der Waals surface area contributed by atoms with Crippen LogP contribution in [0.1, 0.15) is 18.1 Å². The SMILES string of the molecule is C=CCN1C(=O)C(=Cc2cc(Cl)c(OCc3ccccc3)c(OCC)c2)SC1=S. The smallest absolute Gasteiger partial charge is 0.266 e. The van der Waals surface area contributed by atoms with Crippen molar-refractivity contribution in [1.29, 1.82) is 0 Å². The van der Waals surface area contributed by atoms with E-state index in [9.17, 15) is 4.79 Å². The summed E-state index contributed by atoms with van der Waals surface area (Å²) in [7, 11) is 0. The summed E-state index contributed by atoms with van der Waals surface area (Å²) in [5, 5.41) is 0.416. The van der Waals surface area contributed by atoms with Crippen molar-refractivity contribution in [2.75, 3.05) is 13.2 Å². The summed E-state index contributed by atoms with van der Waals surface area (Å²) in [5.41, 5.74) is 1.77. The van der Waals surface area contributed by atoms with Crippen LogP contribution in [0, 0.1) is 0 Å². The van der Waals surface area contributed by atoms with Crippen LogP contribution in [0.3, 0.4) is 0 Å². The third-order valence-corrected chi connectivity index (χ3v) is 5.70. The molecule has 4 nitrogen and oxygen atoms in total. The second kappa shape index (κ2) is 9.96. The second-order valence-electron chi connectivity index (χ2n) is 6.12. The van der Waals surface area contributed by atoms with Crippen molar-refractivity contribution in [1.82, 2.24) is 4.90 Å². The number of ether oxygens (including phenoxy) is 2. The molecule has 0 spiro atoms. The van der Waals surface area contributed by atoms with Crippen LogP contribution in [0.2, 0.25) is 5.02 Å². The van der Waals surface area contributed by atoms with Crippen molar-refractivity contribution in [3.05, 3.63) is 76.2 Å². The van der Waals surface area contributed by atoms with Crippen LogP contribution in [-0.4, -0.2) is 28.3 Å². The topological polar surface area (TPSA) is 38.8 Å². The highest BCUT2D eigenvalue weighted by Crippen LogP contribution is 2.39. The summed E-state index contributed by atoms with van der Waals surface area (Å²) in [6, 6.07) is 13.4. The average molecular weight is 446 g/mol. The number of hydrogen-bond donors (Lipinski definition) is 0. The second-order valence-corrected chi connectivity index (χ2v) is 8.20. The molecule has 0 saturated carbocycles. The Hall–Kier alpha value is -2.28. The molecule has 29 heavy (non-hydrogen) atoms. The lowest BCUT2D eigenvalue weighted by Crippen LogP contribution is -2.27. The van der Waals surface area contributed by atoms with E-state index in [0.29, 0.717) is 45.5 Å². The van der Waals surface area contributed by atoms with Crippen LogP contribution in [0.25, 0.3) is 6.08 Å². The van der Waals surface area contributed by atoms with Gasteiger partial charge in [0, 0.05) is 6.54 Å². The van der Waals surface area contributed by atoms with E-state index in [4.69, 9.17) is 33.3 Å². The number of thiocarbonyl (C=S) groups is 1. The molecule has 1 amide bonds. The van der Waals surface area contributed by atoms with Crippen molar-refractivity contribution >= 4 is 51.9 Å². The maximum absolute atomic E-state index is 12.5. The number of carbonyl (C=O) groups excluding carboxylic acids is 1. The molecule has 0 aromatic heterocycles. The van der Waals surface area contributed by atoms with Crippen LogP contribution < -0.4 is 9.47 Å². The summed E-state index contributed by atoms with van der Waals surface area (Å²) in [4.78, 5) is 14.6. The maximum atomic E-state index is 12.5. The Morgan fingerprint density at radius 1 is 1.24 bits per heavy atom. The molecule has 7 heteroatoms. The van der Waals surface area contributed by atoms with Crippen LogP contribution in [0.5, 0.6) is 11.5 Å². The van der Waals surface area contributed by atoms with Gasteiger partial charge in [-0.2, -0.15) is 0 Å². The quantitative estimate of drug-likeness (QED) is 0.296. The maximum Gasteiger partial charge on any atom is 0.266 e. The molecule has 0 unspecified atom stereocenters. The van der Waals surface area contributed by atoms with E-state index in [2.05, 4.69) is 6.58 Å². The number of halogens is 1. The van der Waals surface area contributed by atoms with Gasteiger partial charge in [0.1, 0.15) is 10.9 Å². The fourth-order valence-electron chi connectivity index (χ4n) is 2.74. The molecule has 150 valence electrons. The Balaban J connectivity index is 1.87. The lowest BCUT2D eigenvalue weighted by atomic mass is 10.1. The third kappa shape index (κ3) is 5.21. The van der Waals surface area contributed by atoms with Crippen LogP contribution >= 0.6 is 35.6 Å². The number of thioether (sulfide) groups is 1. The number of benzene rings is 2. The molecule has 2 aromatic carbocycles. The molecule has 1 heterocycles. The van der Waals surface area contributed by atoms with E-state index < -0.39 is 0 Å². The highest BCUT2D eigenvalue weighted by Gasteiger charge is 2.31. The normalized spacial score (nSPS) is 15.1.